The number of hydrogen-bond donors (Lipinski definition) is 0. The molecule has 0 radical (unpaired) electrons. The van der Waals surface area contributed by atoms with Crippen LogP contribution in [0.2, 0.25) is 0 Å². The molecule has 0 unspecified atom stereocenters. The third-order valence-electron chi connectivity index (χ3n) is 2.76. The van der Waals surface area contributed by atoms with Crippen molar-refractivity contribution >= 4 is 5.71 Å². The van der Waals surface area contributed by atoms with Crippen LogP contribution in [-0.2, 0) is 9.47 Å². The van der Waals surface area contributed by atoms with Crippen LogP contribution in [0.15, 0.2) is 35.5 Å². The van der Waals surface area contributed by atoms with E-state index < -0.39 is 0 Å². The Kier molecular flexibility index (Phi) is 2.60. The molecule has 0 aromatic heterocycles. The first-order valence-electron chi connectivity index (χ1n) is 5.48. The second-order valence-corrected chi connectivity index (χ2v) is 3.95. The largest absolute Gasteiger partial charge is 0.357 e. The molecule has 0 amide bonds. The Morgan fingerprint density at radius 3 is 3.00 bits per heavy atom. The Morgan fingerprint density at radius 1 is 1.25 bits per heavy atom. The maximum Gasteiger partial charge on any atom is 0.200 e. The fourth-order valence-corrected chi connectivity index (χ4v) is 1.88. The first-order valence-corrected chi connectivity index (χ1v) is 5.48. The summed E-state index contributed by atoms with van der Waals surface area (Å²) in [4.78, 5) is 5.32. The van der Waals surface area contributed by atoms with Crippen LogP contribution < -0.4 is 4.84 Å². The molecule has 4 heteroatoms. The minimum absolute atomic E-state index is 0.251. The average molecular weight is 219 g/mol. The Balaban J connectivity index is 1.68. The molecule has 1 aromatic rings. The quantitative estimate of drug-likeness (QED) is 0.714. The lowest BCUT2D eigenvalue weighted by Crippen LogP contribution is -2.28. The zero-order chi connectivity index (χ0) is 10.8. The van der Waals surface area contributed by atoms with E-state index in [0.717, 1.165) is 24.3 Å². The average Bonchev–Trinajstić information content (AvgIpc) is 2.72. The summed E-state index contributed by atoms with van der Waals surface area (Å²) in [5.74, 6) is 0.732. The van der Waals surface area contributed by atoms with E-state index in [1.54, 1.807) is 0 Å². The molecule has 0 N–H and O–H groups in total. The molecule has 2 aliphatic rings. The normalized spacial score (nSPS) is 30.6. The van der Waals surface area contributed by atoms with Crippen LogP contribution in [0.25, 0.3) is 0 Å². The van der Waals surface area contributed by atoms with Gasteiger partial charge in [0, 0.05) is 0 Å². The Bertz CT molecular complexity index is 391. The zero-order valence-corrected chi connectivity index (χ0v) is 8.83. The third-order valence-corrected chi connectivity index (χ3v) is 2.76. The number of nitrogens with zero attached hydrogens (tertiary/aromatic N) is 1. The van der Waals surface area contributed by atoms with Crippen LogP contribution in [0.4, 0.5) is 0 Å². The molecule has 2 bridgehead atoms. The van der Waals surface area contributed by atoms with Crippen molar-refractivity contribution in [2.75, 3.05) is 6.61 Å². The molecular formula is C12H13NO3. The van der Waals surface area contributed by atoms with Gasteiger partial charge >= 0.3 is 0 Å². The number of oxime groups is 1. The highest BCUT2D eigenvalue weighted by atomic mass is 16.7. The Morgan fingerprint density at radius 2 is 2.12 bits per heavy atom. The van der Waals surface area contributed by atoms with Crippen molar-refractivity contribution in [2.24, 2.45) is 5.16 Å². The van der Waals surface area contributed by atoms with Crippen molar-refractivity contribution in [1.82, 2.24) is 0 Å². The van der Waals surface area contributed by atoms with Gasteiger partial charge in [0.25, 0.3) is 0 Å². The molecule has 4 nitrogen and oxygen atoms in total. The van der Waals surface area contributed by atoms with Gasteiger partial charge in [0.1, 0.15) is 5.71 Å². The van der Waals surface area contributed by atoms with Crippen LogP contribution in [-0.4, -0.2) is 24.7 Å². The fourth-order valence-electron chi connectivity index (χ4n) is 1.88. The van der Waals surface area contributed by atoms with Gasteiger partial charge < -0.3 is 14.3 Å². The maximum atomic E-state index is 5.57. The van der Waals surface area contributed by atoms with Gasteiger partial charge in [-0.1, -0.05) is 23.4 Å². The van der Waals surface area contributed by atoms with Crippen molar-refractivity contribution in [3.05, 3.63) is 30.3 Å². The molecule has 3 rings (SSSR count). The molecule has 0 saturated carbocycles. The maximum absolute atomic E-state index is 5.57. The van der Waals surface area contributed by atoms with Crippen molar-refractivity contribution in [1.29, 1.82) is 0 Å². The number of rotatable bonds is 2. The van der Waals surface area contributed by atoms with Crippen molar-refractivity contribution < 1.29 is 14.3 Å². The molecular weight excluding hydrogens is 206 g/mol. The van der Waals surface area contributed by atoms with Gasteiger partial charge in [0.15, 0.2) is 5.75 Å². The third kappa shape index (κ3) is 1.94. The molecule has 2 saturated heterocycles. The first kappa shape index (κ1) is 9.81. The molecule has 2 heterocycles. The second-order valence-electron chi connectivity index (χ2n) is 3.95. The SMILES string of the molecule is c1ccc(O/N=C2\CC[C@H]3CO[C@@H]2O3)cc1. The number of benzene rings is 1. The summed E-state index contributed by atoms with van der Waals surface area (Å²) in [5.41, 5.74) is 0.845. The zero-order valence-electron chi connectivity index (χ0n) is 8.83. The van der Waals surface area contributed by atoms with E-state index in [1.165, 1.54) is 0 Å². The standard InChI is InChI=1S/C12H13NO3/c1-2-4-9(5-3-1)16-13-11-7-6-10-8-14-12(11)15-10/h1-5,10,12H,6-8H2/b13-11+/t10-,12+/m0/s1. The summed E-state index contributed by atoms with van der Waals surface area (Å²) in [5, 5.41) is 4.10. The van der Waals surface area contributed by atoms with E-state index in [1.807, 2.05) is 30.3 Å². The number of hydrogen-bond acceptors (Lipinski definition) is 4. The van der Waals surface area contributed by atoms with E-state index in [2.05, 4.69) is 5.16 Å². The topological polar surface area (TPSA) is 40.0 Å². The monoisotopic (exact) mass is 219 g/mol. The molecule has 2 aliphatic heterocycles. The second kappa shape index (κ2) is 4.23. The fraction of sp³-hybridized carbons (Fsp3) is 0.417. The van der Waals surface area contributed by atoms with Crippen molar-refractivity contribution in [3.8, 4) is 5.75 Å². The molecule has 1 aromatic carbocycles. The lowest BCUT2D eigenvalue weighted by molar-refractivity contribution is -0.0183. The lowest BCUT2D eigenvalue weighted by Gasteiger charge is -2.18. The van der Waals surface area contributed by atoms with E-state index in [-0.39, 0.29) is 12.4 Å². The minimum atomic E-state index is -0.289. The van der Waals surface area contributed by atoms with Gasteiger partial charge in [0.05, 0.1) is 12.7 Å². The highest BCUT2D eigenvalue weighted by molar-refractivity contribution is 5.88. The number of fused-ring (bicyclic) bond motifs is 2. The van der Waals surface area contributed by atoms with Crippen LogP contribution in [0, 0.1) is 0 Å². The van der Waals surface area contributed by atoms with Crippen LogP contribution >= 0.6 is 0 Å². The van der Waals surface area contributed by atoms with Gasteiger partial charge in [0.2, 0.25) is 6.29 Å². The van der Waals surface area contributed by atoms with E-state index >= 15 is 0 Å². The predicted molar refractivity (Wildman–Crippen MR) is 58.4 cm³/mol. The summed E-state index contributed by atoms with van der Waals surface area (Å²) >= 11 is 0. The summed E-state index contributed by atoms with van der Waals surface area (Å²) < 4.78 is 11.0. The number of para-hydroxylation sites is 1. The van der Waals surface area contributed by atoms with Gasteiger partial charge in [-0.25, -0.2) is 0 Å². The molecule has 0 spiro atoms. The molecule has 84 valence electrons. The van der Waals surface area contributed by atoms with Gasteiger partial charge in [-0.3, -0.25) is 0 Å². The summed E-state index contributed by atoms with van der Waals surface area (Å²) in [6.45, 7) is 0.676. The van der Waals surface area contributed by atoms with Crippen LogP contribution in [0.3, 0.4) is 0 Å². The first-order chi connectivity index (χ1) is 7.92. The summed E-state index contributed by atoms with van der Waals surface area (Å²) in [6, 6.07) is 9.50. The predicted octanol–water partition coefficient (Wildman–Crippen LogP) is 1.96. The smallest absolute Gasteiger partial charge is 0.200 e. The molecule has 2 fully saturated rings. The van der Waals surface area contributed by atoms with E-state index in [0.29, 0.717) is 6.61 Å². The summed E-state index contributed by atoms with van der Waals surface area (Å²) in [7, 11) is 0. The minimum Gasteiger partial charge on any atom is -0.357 e. The Labute approximate surface area is 93.8 Å². The molecule has 0 aliphatic carbocycles. The van der Waals surface area contributed by atoms with E-state index in [9.17, 15) is 0 Å². The van der Waals surface area contributed by atoms with Gasteiger partial charge in [-0.15, -0.1) is 0 Å². The van der Waals surface area contributed by atoms with Crippen LogP contribution in [0.1, 0.15) is 12.8 Å². The molecule has 16 heavy (non-hydrogen) atoms. The van der Waals surface area contributed by atoms with E-state index in [4.69, 9.17) is 14.3 Å². The highest BCUT2D eigenvalue weighted by Crippen LogP contribution is 2.25. The highest BCUT2D eigenvalue weighted by Gasteiger charge is 2.35. The van der Waals surface area contributed by atoms with Crippen LogP contribution in [0.5, 0.6) is 5.75 Å². The van der Waals surface area contributed by atoms with Gasteiger partial charge in [-0.05, 0) is 25.0 Å². The summed E-state index contributed by atoms with van der Waals surface area (Å²) in [6.07, 6.45) is 1.82. The molecule has 2 atom stereocenters. The van der Waals surface area contributed by atoms with Crippen molar-refractivity contribution in [2.45, 2.75) is 25.2 Å². The number of ether oxygens (including phenoxy) is 2. The Hall–Kier alpha value is -1.39. The van der Waals surface area contributed by atoms with Gasteiger partial charge in [-0.2, -0.15) is 0 Å². The van der Waals surface area contributed by atoms with Crippen molar-refractivity contribution in [3.63, 3.8) is 0 Å². The lowest BCUT2D eigenvalue weighted by atomic mass is 10.1.